The van der Waals surface area contributed by atoms with E-state index >= 15 is 0 Å². The zero-order chi connectivity index (χ0) is 9.14. The number of amides is 1. The first-order valence-corrected chi connectivity index (χ1v) is 4.25. The molecule has 1 heterocycles. The Morgan fingerprint density at radius 3 is 2.83 bits per heavy atom. The molecule has 1 fully saturated rings. The van der Waals surface area contributed by atoms with Gasteiger partial charge in [-0.3, -0.25) is 4.79 Å². The lowest BCUT2D eigenvalue weighted by atomic mass is 10.1. The summed E-state index contributed by atoms with van der Waals surface area (Å²) in [5, 5.41) is 0. The Morgan fingerprint density at radius 2 is 2.33 bits per heavy atom. The molecule has 12 heavy (non-hydrogen) atoms. The molecular weight excluding hydrogens is 156 g/mol. The van der Waals surface area contributed by atoms with Crippen molar-refractivity contribution in [3.63, 3.8) is 0 Å². The van der Waals surface area contributed by atoms with Gasteiger partial charge < -0.3 is 15.4 Å². The molecule has 0 radical (unpaired) electrons. The Balaban J connectivity index is 2.62. The number of rotatable bonds is 2. The van der Waals surface area contributed by atoms with Gasteiger partial charge >= 0.3 is 0 Å². The van der Waals surface area contributed by atoms with Crippen LogP contribution in [0.2, 0.25) is 0 Å². The average molecular weight is 172 g/mol. The van der Waals surface area contributed by atoms with Crippen LogP contribution in [-0.2, 0) is 9.53 Å². The van der Waals surface area contributed by atoms with Gasteiger partial charge in [-0.05, 0) is 13.8 Å². The van der Waals surface area contributed by atoms with Gasteiger partial charge in [0.15, 0.2) is 0 Å². The molecule has 4 heteroatoms. The highest BCUT2D eigenvalue weighted by atomic mass is 16.5. The second-order valence-corrected chi connectivity index (χ2v) is 3.26. The van der Waals surface area contributed by atoms with Crippen molar-refractivity contribution in [3.05, 3.63) is 0 Å². The van der Waals surface area contributed by atoms with Crippen LogP contribution in [-0.4, -0.2) is 42.6 Å². The van der Waals surface area contributed by atoms with E-state index in [4.69, 9.17) is 10.5 Å². The van der Waals surface area contributed by atoms with E-state index in [0.717, 1.165) is 6.41 Å². The summed E-state index contributed by atoms with van der Waals surface area (Å²) in [6.07, 6.45) is 1.02. The number of nitrogens with zero attached hydrogens (tertiary/aromatic N) is 1. The number of nitrogens with two attached hydrogens (primary N) is 1. The first-order valence-electron chi connectivity index (χ1n) is 4.25. The lowest BCUT2D eigenvalue weighted by molar-refractivity contribution is -0.139. The number of carbonyl (C=O) groups is 1. The minimum absolute atomic E-state index is 0.0405. The van der Waals surface area contributed by atoms with E-state index < -0.39 is 0 Å². The Morgan fingerprint density at radius 1 is 1.67 bits per heavy atom. The molecule has 1 amide bonds. The maximum Gasteiger partial charge on any atom is 0.210 e. The van der Waals surface area contributed by atoms with Crippen molar-refractivity contribution in [1.29, 1.82) is 0 Å². The van der Waals surface area contributed by atoms with Crippen molar-refractivity contribution >= 4 is 6.41 Å². The topological polar surface area (TPSA) is 55.6 Å². The van der Waals surface area contributed by atoms with Gasteiger partial charge in [-0.1, -0.05) is 0 Å². The quantitative estimate of drug-likeness (QED) is 0.575. The van der Waals surface area contributed by atoms with E-state index in [9.17, 15) is 4.79 Å². The molecule has 2 N–H and O–H groups in total. The summed E-state index contributed by atoms with van der Waals surface area (Å²) in [7, 11) is 0. The molecule has 1 rings (SSSR count). The van der Waals surface area contributed by atoms with Crippen molar-refractivity contribution < 1.29 is 9.53 Å². The highest BCUT2D eigenvalue weighted by Gasteiger charge is 2.30. The third-order valence-corrected chi connectivity index (χ3v) is 2.26. The molecule has 0 aromatic rings. The molecule has 1 aliphatic heterocycles. The van der Waals surface area contributed by atoms with Crippen molar-refractivity contribution in [3.8, 4) is 0 Å². The van der Waals surface area contributed by atoms with Crippen molar-refractivity contribution in [2.75, 3.05) is 13.1 Å². The van der Waals surface area contributed by atoms with Crippen molar-refractivity contribution in [2.24, 2.45) is 5.73 Å². The smallest absolute Gasteiger partial charge is 0.210 e. The fraction of sp³-hybridized carbons (Fsp3) is 0.875. The Bertz CT molecular complexity index is 163. The van der Waals surface area contributed by atoms with Gasteiger partial charge in [-0.15, -0.1) is 0 Å². The predicted octanol–water partition coefficient (Wildman–Crippen LogP) is -0.421. The molecule has 3 unspecified atom stereocenters. The highest BCUT2D eigenvalue weighted by molar-refractivity contribution is 5.48. The SMILES string of the molecule is CC1CN(C=O)C(CN)C(C)O1. The Labute approximate surface area is 72.7 Å². The van der Waals surface area contributed by atoms with Crippen LogP contribution in [0, 0.1) is 0 Å². The number of ether oxygens (including phenoxy) is 1. The molecule has 1 saturated heterocycles. The van der Waals surface area contributed by atoms with Gasteiger partial charge in [-0.25, -0.2) is 0 Å². The number of morpholine rings is 1. The van der Waals surface area contributed by atoms with Crippen molar-refractivity contribution in [2.45, 2.75) is 32.1 Å². The van der Waals surface area contributed by atoms with Crippen LogP contribution < -0.4 is 5.73 Å². The van der Waals surface area contributed by atoms with Crippen molar-refractivity contribution in [1.82, 2.24) is 4.90 Å². The highest BCUT2D eigenvalue weighted by Crippen LogP contribution is 2.15. The third-order valence-electron chi connectivity index (χ3n) is 2.26. The standard InChI is InChI=1S/C8H16N2O2/c1-6-4-10(5-11)8(3-9)7(2)12-6/h5-8H,3-4,9H2,1-2H3. The predicted molar refractivity (Wildman–Crippen MR) is 45.6 cm³/mol. The summed E-state index contributed by atoms with van der Waals surface area (Å²) in [6.45, 7) is 5.02. The molecule has 0 aliphatic carbocycles. The normalized spacial score (nSPS) is 36.6. The average Bonchev–Trinajstić information content (AvgIpc) is 2.03. The molecule has 0 bridgehead atoms. The van der Waals surface area contributed by atoms with E-state index in [1.807, 2.05) is 13.8 Å². The second kappa shape index (κ2) is 3.87. The summed E-state index contributed by atoms with van der Waals surface area (Å²) < 4.78 is 5.54. The zero-order valence-corrected chi connectivity index (χ0v) is 7.56. The van der Waals surface area contributed by atoms with Gasteiger partial charge in [0.1, 0.15) is 0 Å². The largest absolute Gasteiger partial charge is 0.372 e. The monoisotopic (exact) mass is 172 g/mol. The summed E-state index contributed by atoms with van der Waals surface area (Å²) in [4.78, 5) is 12.4. The number of hydrogen-bond acceptors (Lipinski definition) is 3. The molecule has 3 atom stereocenters. The van der Waals surface area contributed by atoms with Gasteiger partial charge in [-0.2, -0.15) is 0 Å². The summed E-state index contributed by atoms with van der Waals surface area (Å²) in [6, 6.07) is 0.0405. The van der Waals surface area contributed by atoms with Gasteiger partial charge in [0.25, 0.3) is 0 Å². The molecule has 0 aromatic heterocycles. The molecule has 0 saturated carbocycles. The molecular formula is C8H16N2O2. The Hall–Kier alpha value is -0.610. The first kappa shape index (κ1) is 9.48. The first-order chi connectivity index (χ1) is 5.69. The van der Waals surface area contributed by atoms with E-state index in [-0.39, 0.29) is 18.2 Å². The van der Waals surface area contributed by atoms with Crippen LogP contribution in [0.25, 0.3) is 0 Å². The van der Waals surface area contributed by atoms with Crippen LogP contribution in [0.5, 0.6) is 0 Å². The van der Waals surface area contributed by atoms with Gasteiger partial charge in [0, 0.05) is 13.1 Å². The maximum atomic E-state index is 10.6. The summed E-state index contributed by atoms with van der Waals surface area (Å²) >= 11 is 0. The van der Waals surface area contributed by atoms with Gasteiger partial charge in [0.05, 0.1) is 18.2 Å². The van der Waals surface area contributed by atoms with E-state index in [2.05, 4.69) is 0 Å². The fourth-order valence-corrected chi connectivity index (χ4v) is 1.65. The van der Waals surface area contributed by atoms with Crippen LogP contribution >= 0.6 is 0 Å². The molecule has 0 aromatic carbocycles. The summed E-state index contributed by atoms with van der Waals surface area (Å²) in [5.74, 6) is 0. The van der Waals surface area contributed by atoms with Gasteiger partial charge in [0.2, 0.25) is 6.41 Å². The van der Waals surface area contributed by atoms with E-state index in [0.29, 0.717) is 13.1 Å². The maximum absolute atomic E-state index is 10.6. The number of carbonyl (C=O) groups excluding carboxylic acids is 1. The zero-order valence-electron chi connectivity index (χ0n) is 7.56. The van der Waals surface area contributed by atoms with Crippen LogP contribution in [0.15, 0.2) is 0 Å². The minimum Gasteiger partial charge on any atom is -0.372 e. The minimum atomic E-state index is 0.0405. The lowest BCUT2D eigenvalue weighted by Crippen LogP contribution is -2.55. The molecule has 4 nitrogen and oxygen atoms in total. The second-order valence-electron chi connectivity index (χ2n) is 3.26. The fourth-order valence-electron chi connectivity index (χ4n) is 1.65. The van der Waals surface area contributed by atoms with Crippen LogP contribution in [0.4, 0.5) is 0 Å². The molecule has 0 spiro atoms. The Kier molecular flexibility index (Phi) is 3.05. The molecule has 1 aliphatic rings. The summed E-state index contributed by atoms with van der Waals surface area (Å²) in [5.41, 5.74) is 5.52. The molecule has 70 valence electrons. The van der Waals surface area contributed by atoms with E-state index in [1.165, 1.54) is 0 Å². The lowest BCUT2D eigenvalue weighted by Gasteiger charge is -2.40. The van der Waals surface area contributed by atoms with Crippen LogP contribution in [0.3, 0.4) is 0 Å². The third kappa shape index (κ3) is 1.76. The number of hydrogen-bond donors (Lipinski definition) is 1. The van der Waals surface area contributed by atoms with Crippen LogP contribution in [0.1, 0.15) is 13.8 Å². The van der Waals surface area contributed by atoms with E-state index in [1.54, 1.807) is 4.90 Å².